The predicted molar refractivity (Wildman–Crippen MR) is 374 cm³/mol. The fourth-order valence-corrected chi connectivity index (χ4v) is 14.5. The van der Waals surface area contributed by atoms with Gasteiger partial charge in [0.25, 0.3) is 0 Å². The molecule has 516 valence electrons. The minimum Gasteiger partial charge on any atom is -0.463 e. The maximum absolute atomic E-state index is 13.8. The Bertz CT molecular complexity index is 1340. The molecule has 2 rings (SSSR count). The van der Waals surface area contributed by atoms with Gasteiger partial charge in [-0.2, -0.15) is 0 Å². The highest BCUT2D eigenvalue weighted by atomic mass is 16.8. The van der Waals surface area contributed by atoms with Gasteiger partial charge in [-0.3, -0.25) is 9.59 Å². The summed E-state index contributed by atoms with van der Waals surface area (Å²) in [6, 6.07) is 0. The van der Waals surface area contributed by atoms with E-state index in [4.69, 9.17) is 23.7 Å². The van der Waals surface area contributed by atoms with E-state index in [2.05, 4.69) is 69.2 Å². The molecule has 0 N–H and O–H groups in total. The van der Waals surface area contributed by atoms with Crippen molar-refractivity contribution in [1.29, 1.82) is 0 Å². The standard InChI is InChI=1S/C80H154O7/c1-11-15-19-23-27-31-35-39-43-47-51-55-59-73(60-56-52-48-44-40-36-32-28-24-20-16-12-2)63-77(81)83-65-75-69(7)67(5)71(9)79(85-75)87-80-72(10)68(6)70(8)76(86-80)66-84-78(82)64-74(61-57-53-49-45-41-37-33-29-25-21-17-13-3)62-58-54-50-46-42-38-34-30-26-22-18-14-4/h67-76,79-80H,11-66H2,1-10H3/t67-,68-,69-,70-,71?,72?,75?,76?,79+,80+/m0/s1. The summed E-state index contributed by atoms with van der Waals surface area (Å²) in [5.41, 5.74) is 0. The van der Waals surface area contributed by atoms with Crippen LogP contribution in [0, 0.1) is 47.3 Å². The molecule has 0 spiro atoms. The lowest BCUT2D eigenvalue weighted by atomic mass is 9.78. The van der Waals surface area contributed by atoms with Gasteiger partial charge in [-0.15, -0.1) is 0 Å². The summed E-state index contributed by atoms with van der Waals surface area (Å²) in [7, 11) is 0. The van der Waals surface area contributed by atoms with Crippen LogP contribution in [0.15, 0.2) is 0 Å². The van der Waals surface area contributed by atoms with E-state index >= 15 is 0 Å². The average Bonchev–Trinajstić information content (AvgIpc) is 2.28. The molecule has 87 heavy (non-hydrogen) atoms. The molecule has 0 aromatic carbocycles. The average molecular weight is 1230 g/mol. The van der Waals surface area contributed by atoms with Crippen molar-refractivity contribution in [3.05, 3.63) is 0 Å². The normalized spacial score (nSPS) is 22.4. The molecular formula is C80H154O7. The third kappa shape index (κ3) is 42.6. The van der Waals surface area contributed by atoms with Crippen LogP contribution in [0.25, 0.3) is 0 Å². The summed E-state index contributed by atoms with van der Waals surface area (Å²) in [4.78, 5) is 27.6. The van der Waals surface area contributed by atoms with Crippen molar-refractivity contribution in [2.75, 3.05) is 13.2 Å². The maximum Gasteiger partial charge on any atom is 0.306 e. The summed E-state index contributed by atoms with van der Waals surface area (Å²) in [5, 5.41) is 0. The second-order valence-corrected chi connectivity index (χ2v) is 29.6. The Kier molecular flexibility index (Phi) is 54.1. The number of hydrogen-bond donors (Lipinski definition) is 0. The molecule has 2 heterocycles. The van der Waals surface area contributed by atoms with Crippen LogP contribution in [0.4, 0.5) is 0 Å². The Morgan fingerprint density at radius 1 is 0.276 bits per heavy atom. The summed E-state index contributed by atoms with van der Waals surface area (Å²) in [6.45, 7) is 23.2. The molecule has 0 aromatic rings. The van der Waals surface area contributed by atoms with E-state index < -0.39 is 12.6 Å². The highest BCUT2D eigenvalue weighted by Crippen LogP contribution is 2.41. The molecule has 2 aliphatic rings. The first kappa shape index (κ1) is 81.9. The molecule has 0 aliphatic carbocycles. The number of carbonyl (C=O) groups is 2. The molecule has 0 saturated carbocycles. The molecule has 0 radical (unpaired) electrons. The molecule has 10 atom stereocenters. The van der Waals surface area contributed by atoms with Gasteiger partial charge in [0, 0.05) is 24.7 Å². The van der Waals surface area contributed by atoms with E-state index in [1.54, 1.807) is 0 Å². The summed E-state index contributed by atoms with van der Waals surface area (Å²) >= 11 is 0. The number of carbonyl (C=O) groups excluding carboxylic acids is 2. The Morgan fingerprint density at radius 3 is 0.678 bits per heavy atom. The number of hydrogen-bond acceptors (Lipinski definition) is 7. The Labute approximate surface area is 543 Å². The fraction of sp³-hybridized carbons (Fsp3) is 0.975. The van der Waals surface area contributed by atoms with Gasteiger partial charge in [-0.1, -0.05) is 377 Å². The van der Waals surface area contributed by atoms with Gasteiger partial charge in [0.2, 0.25) is 0 Å². The van der Waals surface area contributed by atoms with Gasteiger partial charge in [0.1, 0.15) is 13.2 Å². The highest BCUT2D eigenvalue weighted by molar-refractivity contribution is 5.70. The second-order valence-electron chi connectivity index (χ2n) is 29.6. The summed E-state index contributed by atoms with van der Waals surface area (Å²) in [5.74, 6) is 1.95. The van der Waals surface area contributed by atoms with E-state index in [0.29, 0.717) is 36.5 Å². The first-order valence-electron chi connectivity index (χ1n) is 39.7. The van der Waals surface area contributed by atoms with Crippen LogP contribution >= 0.6 is 0 Å². The van der Waals surface area contributed by atoms with Crippen molar-refractivity contribution in [2.24, 2.45) is 47.3 Å². The zero-order valence-electron chi connectivity index (χ0n) is 60.4. The zero-order valence-corrected chi connectivity index (χ0v) is 60.4. The van der Waals surface area contributed by atoms with Crippen molar-refractivity contribution in [1.82, 2.24) is 0 Å². The molecule has 2 saturated heterocycles. The van der Waals surface area contributed by atoms with Crippen molar-refractivity contribution < 1.29 is 33.3 Å². The lowest BCUT2D eigenvalue weighted by Gasteiger charge is -2.48. The smallest absolute Gasteiger partial charge is 0.306 e. The summed E-state index contributed by atoms with van der Waals surface area (Å²) in [6.07, 6.45) is 69.1. The number of ether oxygens (including phenoxy) is 5. The summed E-state index contributed by atoms with van der Waals surface area (Å²) < 4.78 is 33.0. The zero-order chi connectivity index (χ0) is 63.2. The second kappa shape index (κ2) is 57.5. The molecule has 0 bridgehead atoms. The Hall–Kier alpha value is -1.18. The van der Waals surface area contributed by atoms with E-state index in [-0.39, 0.29) is 61.0 Å². The lowest BCUT2D eigenvalue weighted by Crippen LogP contribution is -2.53. The molecule has 0 aromatic heterocycles. The fourth-order valence-electron chi connectivity index (χ4n) is 14.5. The maximum atomic E-state index is 13.8. The SMILES string of the molecule is CCCCCCCCCCCCCCC(CCCCCCCCCCCCCC)CC(=O)OCC1O[C@H](O[C@H]2OC(COC(=O)CC(CCCCCCCCCCCCCC)CCCCCCCCCCCCCC)[C@@H](C)[C@H](C)C2C)C(C)[C@@H](C)[C@@H]1C. The van der Waals surface area contributed by atoms with E-state index in [9.17, 15) is 9.59 Å². The monoisotopic (exact) mass is 1230 g/mol. The van der Waals surface area contributed by atoms with Gasteiger partial charge >= 0.3 is 11.9 Å². The minimum absolute atomic E-state index is 0.0677. The van der Waals surface area contributed by atoms with Gasteiger partial charge < -0.3 is 23.7 Å². The minimum atomic E-state index is -0.484. The number of rotatable bonds is 62. The lowest BCUT2D eigenvalue weighted by molar-refractivity contribution is -0.344. The van der Waals surface area contributed by atoms with E-state index in [1.165, 1.54) is 308 Å². The molecular weight excluding hydrogens is 1070 g/mol. The first-order chi connectivity index (χ1) is 42.5. The molecule has 4 unspecified atom stereocenters. The largest absolute Gasteiger partial charge is 0.463 e. The van der Waals surface area contributed by atoms with Crippen molar-refractivity contribution in [2.45, 2.75) is 441 Å². The molecule has 0 amide bonds. The third-order valence-corrected chi connectivity index (χ3v) is 21.8. The molecule has 2 fully saturated rings. The Balaban J connectivity index is 1.94. The van der Waals surface area contributed by atoms with Crippen LogP contribution in [-0.2, 0) is 33.3 Å². The Morgan fingerprint density at radius 2 is 0.471 bits per heavy atom. The van der Waals surface area contributed by atoms with Crippen LogP contribution in [0.2, 0.25) is 0 Å². The van der Waals surface area contributed by atoms with Gasteiger partial charge in [0.05, 0.1) is 12.2 Å². The van der Waals surface area contributed by atoms with Crippen molar-refractivity contribution in [3.63, 3.8) is 0 Å². The van der Waals surface area contributed by atoms with Crippen molar-refractivity contribution in [3.8, 4) is 0 Å². The van der Waals surface area contributed by atoms with Gasteiger partial charge in [-0.25, -0.2) is 0 Å². The van der Waals surface area contributed by atoms with Gasteiger partial charge in [-0.05, 0) is 61.2 Å². The topological polar surface area (TPSA) is 80.3 Å². The predicted octanol–water partition coefficient (Wildman–Crippen LogP) is 25.7. The van der Waals surface area contributed by atoms with Crippen LogP contribution in [0.5, 0.6) is 0 Å². The van der Waals surface area contributed by atoms with Crippen LogP contribution in [-0.4, -0.2) is 49.9 Å². The quantitative estimate of drug-likeness (QED) is 0.0443. The molecule has 7 heteroatoms. The number of unbranched alkanes of at least 4 members (excludes halogenated alkanes) is 44. The van der Waals surface area contributed by atoms with Crippen LogP contribution in [0.3, 0.4) is 0 Å². The number of esters is 2. The van der Waals surface area contributed by atoms with Gasteiger partial charge in [0.15, 0.2) is 12.6 Å². The highest BCUT2D eigenvalue weighted by Gasteiger charge is 2.46. The third-order valence-electron chi connectivity index (χ3n) is 21.8. The van der Waals surface area contributed by atoms with Crippen molar-refractivity contribution >= 4 is 11.9 Å². The first-order valence-corrected chi connectivity index (χ1v) is 39.7. The van der Waals surface area contributed by atoms with E-state index in [0.717, 1.165) is 25.7 Å². The van der Waals surface area contributed by atoms with Crippen LogP contribution in [0.1, 0.15) is 416 Å². The van der Waals surface area contributed by atoms with E-state index in [1.807, 2.05) is 0 Å². The molecule has 2 aliphatic heterocycles. The molecule has 7 nitrogen and oxygen atoms in total. The van der Waals surface area contributed by atoms with Crippen LogP contribution < -0.4 is 0 Å².